The van der Waals surface area contributed by atoms with Gasteiger partial charge in [0.05, 0.1) is 0 Å². The quantitative estimate of drug-likeness (QED) is 0.652. The van der Waals surface area contributed by atoms with Crippen LogP contribution in [0, 0.1) is 0 Å². The number of carboxylic acid groups (broad SMARTS) is 1. The fourth-order valence-corrected chi connectivity index (χ4v) is 2.06. The number of carbonyl (C=O) groups excluding carboxylic acids is 1. The maximum absolute atomic E-state index is 11.7. The van der Waals surface area contributed by atoms with Crippen molar-refractivity contribution in [2.75, 3.05) is 13.2 Å². The number of hydrogen-bond acceptors (Lipinski definition) is 3. The van der Waals surface area contributed by atoms with Gasteiger partial charge in [-0.05, 0) is 36.8 Å². The number of nitrogens with one attached hydrogen (secondary N) is 1. The highest BCUT2D eigenvalue weighted by Crippen LogP contribution is 2.28. The van der Waals surface area contributed by atoms with Crippen molar-refractivity contribution in [2.45, 2.75) is 45.4 Å². The Hall–Kier alpha value is -2.04. The smallest absolute Gasteiger partial charge is 0.303 e. The Bertz CT molecular complexity index is 487. The molecule has 1 atom stereocenters. The third kappa shape index (κ3) is 6.61. The molecule has 0 fully saturated rings. The first-order valence-electron chi connectivity index (χ1n) is 7.74. The number of rotatable bonds is 10. The Morgan fingerprint density at radius 2 is 2.00 bits per heavy atom. The first-order chi connectivity index (χ1) is 10.5. The van der Waals surface area contributed by atoms with Crippen molar-refractivity contribution in [3.8, 4) is 5.75 Å². The molecule has 0 aliphatic heterocycles. The zero-order valence-electron chi connectivity index (χ0n) is 13.3. The van der Waals surface area contributed by atoms with Crippen LogP contribution in [0.15, 0.2) is 24.3 Å². The SMILES string of the molecule is CCC(C)c1ccccc1OCC(=O)NCCCCC(=O)O. The van der Waals surface area contributed by atoms with E-state index in [4.69, 9.17) is 9.84 Å². The van der Waals surface area contributed by atoms with E-state index in [2.05, 4.69) is 19.2 Å². The molecule has 0 saturated heterocycles. The van der Waals surface area contributed by atoms with Crippen molar-refractivity contribution in [3.05, 3.63) is 29.8 Å². The number of aliphatic carboxylic acids is 1. The van der Waals surface area contributed by atoms with Crippen LogP contribution in [-0.4, -0.2) is 30.1 Å². The molecular weight excluding hydrogens is 282 g/mol. The van der Waals surface area contributed by atoms with Gasteiger partial charge in [0.2, 0.25) is 0 Å². The molecule has 0 saturated carbocycles. The average molecular weight is 307 g/mol. The standard InChI is InChI=1S/C17H25NO4/c1-3-13(2)14-8-4-5-9-15(14)22-12-16(19)18-11-7-6-10-17(20)21/h4-5,8-9,13H,3,6-7,10-12H2,1-2H3,(H,18,19)(H,20,21). The number of unbranched alkanes of at least 4 members (excludes halogenated alkanes) is 1. The minimum absolute atomic E-state index is 0.0215. The summed E-state index contributed by atoms with van der Waals surface area (Å²) in [5.41, 5.74) is 1.11. The second-order valence-corrected chi connectivity index (χ2v) is 5.34. The van der Waals surface area contributed by atoms with Crippen LogP contribution in [-0.2, 0) is 9.59 Å². The van der Waals surface area contributed by atoms with E-state index in [1.165, 1.54) is 0 Å². The summed E-state index contributed by atoms with van der Waals surface area (Å²) in [6, 6.07) is 7.76. The third-order valence-electron chi connectivity index (χ3n) is 3.56. The molecule has 1 aromatic carbocycles. The molecule has 0 heterocycles. The summed E-state index contributed by atoms with van der Waals surface area (Å²) < 4.78 is 5.61. The lowest BCUT2D eigenvalue weighted by atomic mass is 9.98. The minimum atomic E-state index is -0.809. The zero-order valence-corrected chi connectivity index (χ0v) is 13.3. The third-order valence-corrected chi connectivity index (χ3v) is 3.56. The van der Waals surface area contributed by atoms with Crippen molar-refractivity contribution in [2.24, 2.45) is 0 Å². The van der Waals surface area contributed by atoms with E-state index in [0.717, 1.165) is 17.7 Å². The molecule has 0 radical (unpaired) electrons. The Morgan fingerprint density at radius 1 is 1.27 bits per heavy atom. The van der Waals surface area contributed by atoms with Gasteiger partial charge in [0.1, 0.15) is 5.75 Å². The predicted octanol–water partition coefficient (Wildman–Crippen LogP) is 2.95. The Balaban J connectivity index is 2.34. The molecule has 0 bridgehead atoms. The monoisotopic (exact) mass is 307 g/mol. The lowest BCUT2D eigenvalue weighted by molar-refractivity contribution is -0.137. The van der Waals surface area contributed by atoms with Crippen molar-refractivity contribution in [1.82, 2.24) is 5.32 Å². The molecule has 5 nitrogen and oxygen atoms in total. The van der Waals surface area contributed by atoms with Crippen molar-refractivity contribution in [1.29, 1.82) is 0 Å². The molecule has 0 aliphatic rings. The van der Waals surface area contributed by atoms with Gasteiger partial charge < -0.3 is 15.2 Å². The first kappa shape index (κ1) is 18.0. The molecule has 1 amide bonds. The number of amides is 1. The summed E-state index contributed by atoms with van der Waals surface area (Å²) in [4.78, 5) is 22.1. The van der Waals surface area contributed by atoms with Crippen LogP contribution in [0.25, 0.3) is 0 Å². The van der Waals surface area contributed by atoms with Crippen molar-refractivity contribution >= 4 is 11.9 Å². The summed E-state index contributed by atoms with van der Waals surface area (Å²) in [6.45, 7) is 4.70. The fourth-order valence-electron chi connectivity index (χ4n) is 2.06. The van der Waals surface area contributed by atoms with Gasteiger partial charge in [-0.3, -0.25) is 9.59 Å². The lowest BCUT2D eigenvalue weighted by Gasteiger charge is -2.15. The Kier molecular flexibility index (Phi) is 8.04. The molecule has 1 unspecified atom stereocenters. The maximum Gasteiger partial charge on any atom is 0.303 e. The highest BCUT2D eigenvalue weighted by Gasteiger charge is 2.10. The zero-order chi connectivity index (χ0) is 16.4. The maximum atomic E-state index is 11.7. The molecule has 1 aromatic rings. The largest absolute Gasteiger partial charge is 0.483 e. The number of carbonyl (C=O) groups is 2. The lowest BCUT2D eigenvalue weighted by Crippen LogP contribution is -2.29. The van der Waals surface area contributed by atoms with E-state index < -0.39 is 5.97 Å². The number of hydrogen-bond donors (Lipinski definition) is 2. The molecule has 1 rings (SSSR count). The van der Waals surface area contributed by atoms with Crippen LogP contribution < -0.4 is 10.1 Å². The summed E-state index contributed by atoms with van der Waals surface area (Å²) in [6.07, 6.45) is 2.36. The molecule has 0 aliphatic carbocycles. The second kappa shape index (κ2) is 9.82. The van der Waals surface area contributed by atoms with Crippen molar-refractivity contribution < 1.29 is 19.4 Å². The van der Waals surface area contributed by atoms with Gasteiger partial charge in [0.25, 0.3) is 5.91 Å². The van der Waals surface area contributed by atoms with E-state index in [1.807, 2.05) is 24.3 Å². The van der Waals surface area contributed by atoms with E-state index in [-0.39, 0.29) is 18.9 Å². The molecular formula is C17H25NO4. The normalized spacial score (nSPS) is 11.7. The molecule has 5 heteroatoms. The van der Waals surface area contributed by atoms with E-state index in [0.29, 0.717) is 25.3 Å². The first-order valence-corrected chi connectivity index (χ1v) is 7.74. The van der Waals surface area contributed by atoms with E-state index >= 15 is 0 Å². The number of benzene rings is 1. The number of carboxylic acids is 1. The van der Waals surface area contributed by atoms with Crippen LogP contribution in [0.5, 0.6) is 5.75 Å². The average Bonchev–Trinajstić information content (AvgIpc) is 2.51. The van der Waals surface area contributed by atoms with Gasteiger partial charge in [0.15, 0.2) is 6.61 Å². The molecule has 0 spiro atoms. The van der Waals surface area contributed by atoms with Gasteiger partial charge in [-0.2, -0.15) is 0 Å². The van der Waals surface area contributed by atoms with Gasteiger partial charge in [-0.15, -0.1) is 0 Å². The van der Waals surface area contributed by atoms with Crippen molar-refractivity contribution in [3.63, 3.8) is 0 Å². The highest BCUT2D eigenvalue weighted by molar-refractivity contribution is 5.77. The molecule has 0 aromatic heterocycles. The van der Waals surface area contributed by atoms with Gasteiger partial charge in [0, 0.05) is 13.0 Å². The topological polar surface area (TPSA) is 75.6 Å². The Morgan fingerprint density at radius 3 is 2.68 bits per heavy atom. The van der Waals surface area contributed by atoms with Gasteiger partial charge in [-0.25, -0.2) is 0 Å². The van der Waals surface area contributed by atoms with Crippen LogP contribution >= 0.6 is 0 Å². The summed E-state index contributed by atoms with van der Waals surface area (Å²) in [5.74, 6) is 0.138. The molecule has 122 valence electrons. The number of ether oxygens (including phenoxy) is 1. The van der Waals surface area contributed by atoms with Crippen LogP contribution in [0.4, 0.5) is 0 Å². The van der Waals surface area contributed by atoms with Gasteiger partial charge >= 0.3 is 5.97 Å². The fraction of sp³-hybridized carbons (Fsp3) is 0.529. The highest BCUT2D eigenvalue weighted by atomic mass is 16.5. The second-order valence-electron chi connectivity index (χ2n) is 5.34. The van der Waals surface area contributed by atoms with Crippen LogP contribution in [0.3, 0.4) is 0 Å². The summed E-state index contributed by atoms with van der Waals surface area (Å²) >= 11 is 0. The van der Waals surface area contributed by atoms with Crippen LogP contribution in [0.2, 0.25) is 0 Å². The predicted molar refractivity (Wildman–Crippen MR) is 85.1 cm³/mol. The molecule has 22 heavy (non-hydrogen) atoms. The summed E-state index contributed by atoms with van der Waals surface area (Å²) in [7, 11) is 0. The van der Waals surface area contributed by atoms with Gasteiger partial charge in [-0.1, -0.05) is 32.0 Å². The minimum Gasteiger partial charge on any atom is -0.483 e. The Labute approximate surface area is 131 Å². The number of para-hydroxylation sites is 1. The summed E-state index contributed by atoms with van der Waals surface area (Å²) in [5, 5.41) is 11.2. The van der Waals surface area contributed by atoms with E-state index in [9.17, 15) is 9.59 Å². The van der Waals surface area contributed by atoms with Crippen LogP contribution in [0.1, 0.15) is 51.0 Å². The molecule has 2 N–H and O–H groups in total. The van der Waals surface area contributed by atoms with E-state index in [1.54, 1.807) is 0 Å².